The average molecular weight is 250 g/mol. The van der Waals surface area contributed by atoms with Gasteiger partial charge in [-0.2, -0.15) is 0 Å². The zero-order valence-electron chi connectivity index (χ0n) is 10.4. The highest BCUT2D eigenvalue weighted by atomic mass is 16.5. The quantitative estimate of drug-likeness (QED) is 0.800. The van der Waals surface area contributed by atoms with Gasteiger partial charge in [0.2, 0.25) is 5.91 Å². The summed E-state index contributed by atoms with van der Waals surface area (Å²) in [6.45, 7) is 1.75. The van der Waals surface area contributed by atoms with E-state index in [1.165, 1.54) is 0 Å². The minimum Gasteiger partial charge on any atom is -0.392 e. The molecule has 1 aromatic rings. The van der Waals surface area contributed by atoms with Crippen molar-refractivity contribution in [2.24, 2.45) is 0 Å². The lowest BCUT2D eigenvalue weighted by Crippen LogP contribution is -2.53. The smallest absolute Gasteiger partial charge is 0.244 e. The highest BCUT2D eigenvalue weighted by Crippen LogP contribution is 2.20. The number of rotatable bonds is 3. The zero-order chi connectivity index (χ0) is 13.0. The molecule has 1 atom stereocenters. The van der Waals surface area contributed by atoms with Crippen LogP contribution in [0.1, 0.15) is 5.56 Å². The fraction of sp³-hybridized carbons (Fsp3) is 0.462. The van der Waals surface area contributed by atoms with Crippen molar-refractivity contribution in [3.05, 3.63) is 29.8 Å². The Labute approximate surface area is 106 Å². The molecule has 0 saturated carbocycles. The molecule has 5 heteroatoms. The number of aliphatic hydroxyl groups is 1. The molecule has 18 heavy (non-hydrogen) atoms. The zero-order valence-corrected chi connectivity index (χ0v) is 10.4. The third-order valence-electron chi connectivity index (χ3n) is 3.13. The van der Waals surface area contributed by atoms with E-state index in [4.69, 9.17) is 9.84 Å². The van der Waals surface area contributed by atoms with Crippen LogP contribution in [0.4, 0.5) is 5.69 Å². The maximum Gasteiger partial charge on any atom is 0.244 e. The summed E-state index contributed by atoms with van der Waals surface area (Å²) in [6, 6.07) is 7.29. The number of hydrogen-bond donors (Lipinski definition) is 2. The van der Waals surface area contributed by atoms with Gasteiger partial charge < -0.3 is 20.1 Å². The molecular weight excluding hydrogens is 232 g/mol. The van der Waals surface area contributed by atoms with Crippen LogP contribution in [0, 0.1) is 0 Å². The molecule has 0 aromatic heterocycles. The summed E-state index contributed by atoms with van der Waals surface area (Å²) >= 11 is 0. The van der Waals surface area contributed by atoms with Crippen LogP contribution in [0.25, 0.3) is 0 Å². The summed E-state index contributed by atoms with van der Waals surface area (Å²) in [4.78, 5) is 13.8. The van der Waals surface area contributed by atoms with E-state index in [1.807, 2.05) is 29.2 Å². The van der Waals surface area contributed by atoms with Gasteiger partial charge in [-0.15, -0.1) is 0 Å². The van der Waals surface area contributed by atoms with E-state index in [1.54, 1.807) is 7.05 Å². The number of carbonyl (C=O) groups is 1. The summed E-state index contributed by atoms with van der Waals surface area (Å²) in [5.41, 5.74) is 1.84. The molecule has 1 aromatic carbocycles. The number of anilines is 1. The molecule has 1 heterocycles. The summed E-state index contributed by atoms with van der Waals surface area (Å²) in [5.74, 6) is -0.0408. The minimum absolute atomic E-state index is 0.0300. The molecule has 1 saturated heterocycles. The molecule has 2 N–H and O–H groups in total. The van der Waals surface area contributed by atoms with Crippen LogP contribution >= 0.6 is 0 Å². The molecule has 5 nitrogen and oxygen atoms in total. The van der Waals surface area contributed by atoms with Gasteiger partial charge in [-0.25, -0.2) is 0 Å². The largest absolute Gasteiger partial charge is 0.392 e. The van der Waals surface area contributed by atoms with E-state index in [9.17, 15) is 4.79 Å². The van der Waals surface area contributed by atoms with E-state index in [0.29, 0.717) is 19.8 Å². The standard InChI is InChI=1S/C13H18N2O3/c1-14-13(17)12-9-18-7-6-15(12)11-4-2-10(8-16)3-5-11/h2-5,12,16H,6-9H2,1H3,(H,14,17). The Morgan fingerprint density at radius 3 is 2.83 bits per heavy atom. The first kappa shape index (κ1) is 12.9. The highest BCUT2D eigenvalue weighted by Gasteiger charge is 2.28. The van der Waals surface area contributed by atoms with Crippen LogP contribution in [0.15, 0.2) is 24.3 Å². The molecule has 2 rings (SSSR count). The predicted octanol–water partition coefficient (Wildman–Crippen LogP) is 0.130. The monoisotopic (exact) mass is 250 g/mol. The van der Waals surface area contributed by atoms with Crippen molar-refractivity contribution >= 4 is 11.6 Å². The first-order valence-electron chi connectivity index (χ1n) is 6.02. The van der Waals surface area contributed by atoms with Crippen molar-refractivity contribution in [1.82, 2.24) is 5.32 Å². The third-order valence-corrected chi connectivity index (χ3v) is 3.13. The van der Waals surface area contributed by atoms with E-state index in [-0.39, 0.29) is 18.6 Å². The van der Waals surface area contributed by atoms with E-state index < -0.39 is 0 Å². The molecule has 1 fully saturated rings. The van der Waals surface area contributed by atoms with Crippen LogP contribution in [0.3, 0.4) is 0 Å². The first-order chi connectivity index (χ1) is 8.76. The van der Waals surface area contributed by atoms with Gasteiger partial charge >= 0.3 is 0 Å². The summed E-state index contributed by atoms with van der Waals surface area (Å²) in [7, 11) is 1.63. The Bertz CT molecular complexity index is 405. The number of hydrogen-bond acceptors (Lipinski definition) is 4. The Morgan fingerprint density at radius 1 is 1.50 bits per heavy atom. The Balaban J connectivity index is 2.19. The number of likely N-dealkylation sites (N-methyl/N-ethyl adjacent to an activating group) is 1. The molecule has 1 amide bonds. The Kier molecular flexibility index (Phi) is 4.17. The Hall–Kier alpha value is -1.59. The van der Waals surface area contributed by atoms with Gasteiger partial charge in [0.25, 0.3) is 0 Å². The molecule has 0 bridgehead atoms. The lowest BCUT2D eigenvalue weighted by Gasteiger charge is -2.36. The lowest BCUT2D eigenvalue weighted by molar-refractivity contribution is -0.124. The molecule has 1 unspecified atom stereocenters. The first-order valence-corrected chi connectivity index (χ1v) is 6.02. The maximum absolute atomic E-state index is 11.8. The van der Waals surface area contributed by atoms with Crippen LogP contribution < -0.4 is 10.2 Å². The second-order valence-electron chi connectivity index (χ2n) is 4.22. The number of amides is 1. The number of morpholine rings is 1. The van der Waals surface area contributed by atoms with Gasteiger partial charge in [0.1, 0.15) is 6.04 Å². The van der Waals surface area contributed by atoms with E-state index >= 15 is 0 Å². The van der Waals surface area contributed by atoms with Crippen molar-refractivity contribution in [3.63, 3.8) is 0 Å². The number of aliphatic hydroxyl groups excluding tert-OH is 1. The van der Waals surface area contributed by atoms with Crippen molar-refractivity contribution in [3.8, 4) is 0 Å². The molecule has 0 aliphatic carbocycles. The second kappa shape index (κ2) is 5.84. The fourth-order valence-electron chi connectivity index (χ4n) is 2.09. The normalized spacial score (nSPS) is 19.7. The Morgan fingerprint density at radius 2 is 2.22 bits per heavy atom. The number of ether oxygens (including phenoxy) is 1. The summed E-state index contributed by atoms with van der Waals surface area (Å²) < 4.78 is 5.36. The molecule has 0 radical (unpaired) electrons. The minimum atomic E-state index is -0.288. The lowest BCUT2D eigenvalue weighted by atomic mass is 10.1. The molecule has 0 spiro atoms. The third kappa shape index (κ3) is 2.63. The van der Waals surface area contributed by atoms with Crippen LogP contribution in [-0.2, 0) is 16.1 Å². The average Bonchev–Trinajstić information content (AvgIpc) is 2.46. The van der Waals surface area contributed by atoms with Crippen LogP contribution in [-0.4, -0.2) is 43.9 Å². The number of nitrogens with one attached hydrogen (secondary N) is 1. The topological polar surface area (TPSA) is 61.8 Å². The van der Waals surface area contributed by atoms with Crippen molar-refractivity contribution in [1.29, 1.82) is 0 Å². The maximum atomic E-state index is 11.8. The van der Waals surface area contributed by atoms with Gasteiger partial charge in [0.05, 0.1) is 19.8 Å². The summed E-state index contributed by atoms with van der Waals surface area (Å²) in [5, 5.41) is 11.7. The second-order valence-corrected chi connectivity index (χ2v) is 4.22. The van der Waals surface area contributed by atoms with Gasteiger partial charge in [-0.05, 0) is 17.7 Å². The highest BCUT2D eigenvalue weighted by molar-refractivity contribution is 5.85. The van der Waals surface area contributed by atoms with Crippen LogP contribution in [0.5, 0.6) is 0 Å². The van der Waals surface area contributed by atoms with Crippen molar-refractivity contribution in [2.75, 3.05) is 31.7 Å². The number of carbonyl (C=O) groups excluding carboxylic acids is 1. The predicted molar refractivity (Wildman–Crippen MR) is 68.4 cm³/mol. The number of nitrogens with zero attached hydrogens (tertiary/aromatic N) is 1. The summed E-state index contributed by atoms with van der Waals surface area (Å²) in [6.07, 6.45) is 0. The fourth-order valence-corrected chi connectivity index (χ4v) is 2.09. The van der Waals surface area contributed by atoms with Gasteiger partial charge in [-0.1, -0.05) is 12.1 Å². The molecule has 1 aliphatic rings. The van der Waals surface area contributed by atoms with Gasteiger partial charge in [0.15, 0.2) is 0 Å². The molecule has 1 aliphatic heterocycles. The van der Waals surface area contributed by atoms with Crippen LogP contribution in [0.2, 0.25) is 0 Å². The van der Waals surface area contributed by atoms with E-state index in [2.05, 4.69) is 5.32 Å². The van der Waals surface area contributed by atoms with E-state index in [0.717, 1.165) is 11.3 Å². The van der Waals surface area contributed by atoms with Gasteiger partial charge in [0, 0.05) is 19.3 Å². The number of benzene rings is 1. The molecular formula is C13H18N2O3. The SMILES string of the molecule is CNC(=O)C1COCCN1c1ccc(CO)cc1. The van der Waals surface area contributed by atoms with Crippen molar-refractivity contribution < 1.29 is 14.6 Å². The van der Waals surface area contributed by atoms with Gasteiger partial charge in [-0.3, -0.25) is 4.79 Å². The molecule has 98 valence electrons. The van der Waals surface area contributed by atoms with Crippen molar-refractivity contribution in [2.45, 2.75) is 12.6 Å².